The number of hydrogen-bond donors (Lipinski definition) is 1. The molecule has 1 atom stereocenters. The van der Waals surface area contributed by atoms with Crippen LogP contribution in [0, 0.1) is 0 Å². The fraction of sp³-hybridized carbons (Fsp3) is 0.900. The van der Waals surface area contributed by atoms with E-state index in [1.807, 2.05) is 0 Å². The molecule has 1 aliphatic rings. The van der Waals surface area contributed by atoms with E-state index in [2.05, 4.69) is 11.8 Å². The third-order valence-electron chi connectivity index (χ3n) is 2.78. The van der Waals surface area contributed by atoms with Crippen molar-refractivity contribution >= 4 is 5.97 Å². The van der Waals surface area contributed by atoms with Gasteiger partial charge in [0.1, 0.15) is 0 Å². The first-order chi connectivity index (χ1) is 6.20. The lowest BCUT2D eigenvalue weighted by Crippen LogP contribution is -2.38. The Hall–Kier alpha value is -0.570. The highest BCUT2D eigenvalue weighted by Gasteiger charge is 2.17. The molecule has 0 spiro atoms. The summed E-state index contributed by atoms with van der Waals surface area (Å²) < 4.78 is 0. The zero-order chi connectivity index (χ0) is 9.68. The molecule has 1 unspecified atom stereocenters. The molecule has 0 radical (unpaired) electrons. The zero-order valence-electron chi connectivity index (χ0n) is 8.33. The van der Waals surface area contributed by atoms with Crippen molar-refractivity contribution in [3.05, 3.63) is 0 Å². The van der Waals surface area contributed by atoms with Gasteiger partial charge in [0.25, 0.3) is 0 Å². The average molecular weight is 185 g/mol. The van der Waals surface area contributed by atoms with Crippen LogP contribution in [0.5, 0.6) is 0 Å². The second kappa shape index (κ2) is 5.22. The summed E-state index contributed by atoms with van der Waals surface area (Å²) >= 11 is 0. The molecule has 0 saturated carbocycles. The molecule has 3 heteroatoms. The Kier molecular flexibility index (Phi) is 4.22. The van der Waals surface area contributed by atoms with Gasteiger partial charge in [-0.2, -0.15) is 0 Å². The lowest BCUT2D eigenvalue weighted by atomic mass is 10.0. The highest BCUT2D eigenvalue weighted by molar-refractivity contribution is 5.66. The largest absolute Gasteiger partial charge is 0.481 e. The summed E-state index contributed by atoms with van der Waals surface area (Å²) in [6.45, 7) is 4.34. The van der Waals surface area contributed by atoms with E-state index in [1.54, 1.807) is 0 Å². The number of rotatable bonds is 4. The van der Waals surface area contributed by atoms with Gasteiger partial charge in [-0.3, -0.25) is 4.79 Å². The molecule has 0 aromatic rings. The van der Waals surface area contributed by atoms with Crippen LogP contribution in [0.4, 0.5) is 0 Å². The lowest BCUT2D eigenvalue weighted by Gasteiger charge is -2.33. The van der Waals surface area contributed by atoms with Crippen molar-refractivity contribution in [2.75, 3.05) is 13.1 Å². The number of hydrogen-bond acceptors (Lipinski definition) is 2. The van der Waals surface area contributed by atoms with Gasteiger partial charge in [0.2, 0.25) is 0 Å². The topological polar surface area (TPSA) is 40.5 Å². The summed E-state index contributed by atoms with van der Waals surface area (Å²) in [4.78, 5) is 12.7. The summed E-state index contributed by atoms with van der Waals surface area (Å²) in [5.74, 6) is -0.676. The van der Waals surface area contributed by atoms with Gasteiger partial charge in [0, 0.05) is 12.5 Å². The molecule has 76 valence electrons. The number of aliphatic carboxylic acids is 1. The third-order valence-corrected chi connectivity index (χ3v) is 2.78. The van der Waals surface area contributed by atoms with E-state index in [4.69, 9.17) is 5.11 Å². The Morgan fingerprint density at radius 3 is 2.92 bits per heavy atom. The molecule has 0 aromatic heterocycles. The predicted molar refractivity (Wildman–Crippen MR) is 51.8 cm³/mol. The fourth-order valence-electron chi connectivity index (χ4n) is 1.92. The maximum atomic E-state index is 10.3. The van der Waals surface area contributed by atoms with Crippen LogP contribution in [0.25, 0.3) is 0 Å². The first-order valence-electron chi connectivity index (χ1n) is 5.16. The monoisotopic (exact) mass is 185 g/mol. The van der Waals surface area contributed by atoms with Crippen molar-refractivity contribution in [3.8, 4) is 0 Å². The van der Waals surface area contributed by atoms with Crippen LogP contribution in [0.3, 0.4) is 0 Å². The van der Waals surface area contributed by atoms with Crippen LogP contribution < -0.4 is 0 Å². The van der Waals surface area contributed by atoms with Crippen molar-refractivity contribution in [3.63, 3.8) is 0 Å². The van der Waals surface area contributed by atoms with Crippen LogP contribution in [-0.2, 0) is 4.79 Å². The normalized spacial score (nSPS) is 24.5. The molecule has 1 rings (SSSR count). The molecule has 1 heterocycles. The number of nitrogens with zero attached hydrogens (tertiary/aromatic N) is 1. The minimum atomic E-state index is -0.676. The van der Waals surface area contributed by atoms with Crippen LogP contribution in [0.1, 0.15) is 39.0 Å². The Balaban J connectivity index is 2.15. The van der Waals surface area contributed by atoms with Gasteiger partial charge in [-0.05, 0) is 39.3 Å². The van der Waals surface area contributed by atoms with E-state index >= 15 is 0 Å². The molecular formula is C10H19NO2. The fourth-order valence-corrected chi connectivity index (χ4v) is 1.92. The number of carboxylic acids is 1. The van der Waals surface area contributed by atoms with Crippen LogP contribution in [0.2, 0.25) is 0 Å². The standard InChI is InChI=1S/C10H19NO2/c1-9-5-2-3-7-11(9)8-4-6-10(12)13/h9H,2-8H2,1H3,(H,12,13). The molecule has 0 aromatic carbocycles. The first kappa shape index (κ1) is 10.5. The number of carboxylic acid groups (broad SMARTS) is 1. The number of likely N-dealkylation sites (tertiary alicyclic amines) is 1. The number of carbonyl (C=O) groups is 1. The molecule has 1 fully saturated rings. The highest BCUT2D eigenvalue weighted by atomic mass is 16.4. The van der Waals surface area contributed by atoms with Gasteiger partial charge in [0.05, 0.1) is 0 Å². The molecule has 3 nitrogen and oxygen atoms in total. The Morgan fingerprint density at radius 2 is 2.31 bits per heavy atom. The highest BCUT2D eigenvalue weighted by Crippen LogP contribution is 2.16. The molecular weight excluding hydrogens is 166 g/mol. The van der Waals surface area contributed by atoms with Crippen molar-refractivity contribution in [2.45, 2.75) is 45.1 Å². The second-order valence-corrected chi connectivity index (χ2v) is 3.88. The molecule has 0 aliphatic carbocycles. The van der Waals surface area contributed by atoms with Crippen molar-refractivity contribution in [2.24, 2.45) is 0 Å². The van der Waals surface area contributed by atoms with E-state index in [9.17, 15) is 4.79 Å². The maximum absolute atomic E-state index is 10.3. The third kappa shape index (κ3) is 3.77. The molecule has 0 bridgehead atoms. The van der Waals surface area contributed by atoms with Crippen LogP contribution >= 0.6 is 0 Å². The molecule has 1 N–H and O–H groups in total. The van der Waals surface area contributed by atoms with Crippen molar-refractivity contribution in [1.82, 2.24) is 4.90 Å². The van der Waals surface area contributed by atoms with Crippen LogP contribution in [0.15, 0.2) is 0 Å². The SMILES string of the molecule is CC1CCCCN1CCCC(=O)O. The molecule has 0 amide bonds. The van der Waals surface area contributed by atoms with Crippen LogP contribution in [-0.4, -0.2) is 35.1 Å². The summed E-state index contributed by atoms with van der Waals surface area (Å²) in [6, 6.07) is 0.655. The van der Waals surface area contributed by atoms with Gasteiger partial charge in [-0.1, -0.05) is 6.42 Å². The van der Waals surface area contributed by atoms with Gasteiger partial charge in [0.15, 0.2) is 0 Å². The Morgan fingerprint density at radius 1 is 1.54 bits per heavy atom. The second-order valence-electron chi connectivity index (χ2n) is 3.88. The summed E-state index contributed by atoms with van der Waals surface area (Å²) in [7, 11) is 0. The Bertz CT molecular complexity index is 170. The van der Waals surface area contributed by atoms with Gasteiger partial charge in [-0.25, -0.2) is 0 Å². The summed E-state index contributed by atoms with van der Waals surface area (Å²) in [5.41, 5.74) is 0. The van der Waals surface area contributed by atoms with Crippen molar-refractivity contribution in [1.29, 1.82) is 0 Å². The van der Waals surface area contributed by atoms with E-state index < -0.39 is 5.97 Å². The lowest BCUT2D eigenvalue weighted by molar-refractivity contribution is -0.137. The van der Waals surface area contributed by atoms with Crippen molar-refractivity contribution < 1.29 is 9.90 Å². The quantitative estimate of drug-likeness (QED) is 0.725. The average Bonchev–Trinajstić information content (AvgIpc) is 2.08. The molecule has 13 heavy (non-hydrogen) atoms. The minimum absolute atomic E-state index is 0.309. The van der Waals surface area contributed by atoms with Gasteiger partial charge < -0.3 is 10.0 Å². The minimum Gasteiger partial charge on any atom is -0.481 e. The predicted octanol–water partition coefficient (Wildman–Crippen LogP) is 1.73. The molecule has 1 saturated heterocycles. The van der Waals surface area contributed by atoms with E-state index in [0.717, 1.165) is 19.5 Å². The molecule has 1 aliphatic heterocycles. The van der Waals surface area contributed by atoms with E-state index in [-0.39, 0.29) is 0 Å². The van der Waals surface area contributed by atoms with Gasteiger partial charge in [-0.15, -0.1) is 0 Å². The summed E-state index contributed by atoms with van der Waals surface area (Å²) in [6.07, 6.45) is 4.98. The maximum Gasteiger partial charge on any atom is 0.303 e. The van der Waals surface area contributed by atoms with Gasteiger partial charge >= 0.3 is 5.97 Å². The summed E-state index contributed by atoms with van der Waals surface area (Å²) in [5, 5.41) is 8.49. The number of piperidine rings is 1. The first-order valence-corrected chi connectivity index (χ1v) is 5.16. The zero-order valence-corrected chi connectivity index (χ0v) is 8.33. The van der Waals surface area contributed by atoms with E-state index in [1.165, 1.54) is 19.3 Å². The smallest absolute Gasteiger partial charge is 0.303 e. The Labute approximate surface area is 79.7 Å². The van der Waals surface area contributed by atoms with E-state index in [0.29, 0.717) is 12.5 Å².